The van der Waals surface area contributed by atoms with E-state index < -0.39 is 36.1 Å². The van der Waals surface area contributed by atoms with Gasteiger partial charge in [-0.05, 0) is 43.0 Å². The molecule has 1 atom stereocenters. The second-order valence-corrected chi connectivity index (χ2v) is 8.92. The fourth-order valence-electron chi connectivity index (χ4n) is 3.73. The minimum Gasteiger partial charge on any atom is -0.489 e. The second-order valence-electron chi connectivity index (χ2n) is 8.92. The summed E-state index contributed by atoms with van der Waals surface area (Å²) in [5.41, 5.74) is 5.78. The summed E-state index contributed by atoms with van der Waals surface area (Å²) in [7, 11) is 0. The average molecular weight is 551 g/mol. The molecule has 4 rings (SSSR count). The van der Waals surface area contributed by atoms with Gasteiger partial charge in [-0.15, -0.1) is 0 Å². The molecule has 1 heterocycles. The number of amides is 2. The van der Waals surface area contributed by atoms with E-state index in [0.29, 0.717) is 24.2 Å². The van der Waals surface area contributed by atoms with Gasteiger partial charge in [-0.3, -0.25) is 9.59 Å². The van der Waals surface area contributed by atoms with Crippen molar-refractivity contribution < 1.29 is 41.0 Å². The smallest absolute Gasteiger partial charge is 0.387 e. The van der Waals surface area contributed by atoms with Gasteiger partial charge in [0.1, 0.15) is 11.6 Å². The molecule has 9 nitrogen and oxygen atoms in total. The van der Waals surface area contributed by atoms with Crippen molar-refractivity contribution in [3.05, 3.63) is 65.1 Å². The van der Waals surface area contributed by atoms with Crippen LogP contribution in [0.1, 0.15) is 47.6 Å². The number of ether oxygens (including phenoxy) is 2. The van der Waals surface area contributed by atoms with Crippen molar-refractivity contribution >= 4 is 11.8 Å². The minimum atomic E-state index is -3.06. The number of nitrogens with two attached hydrogens (primary N) is 1. The molecule has 1 unspecified atom stereocenters. The number of aromatic nitrogens is 1. The summed E-state index contributed by atoms with van der Waals surface area (Å²) in [5.74, 6) is -2.78. The lowest BCUT2D eigenvalue weighted by atomic mass is 10.1. The van der Waals surface area contributed by atoms with Crippen LogP contribution < -0.4 is 25.8 Å². The maximum absolute atomic E-state index is 14.5. The Kier molecular flexibility index (Phi) is 8.69. The SMILES string of the molecule is CC(=O)NCC(NC(=O)c1nc(-c2ccc(OC(F)F)c(OCC3CC3)c2)oc1CN)c1ccc(F)cc1F. The van der Waals surface area contributed by atoms with Crippen molar-refractivity contribution in [3.8, 4) is 23.0 Å². The van der Waals surface area contributed by atoms with Gasteiger partial charge in [-0.1, -0.05) is 6.07 Å². The minimum absolute atomic E-state index is 0.00582. The Morgan fingerprint density at radius 1 is 1.15 bits per heavy atom. The number of benzene rings is 2. The molecule has 4 N–H and O–H groups in total. The molecule has 0 spiro atoms. The third-order valence-electron chi connectivity index (χ3n) is 5.87. The maximum atomic E-state index is 14.5. The summed E-state index contributed by atoms with van der Waals surface area (Å²) in [6.45, 7) is -1.91. The van der Waals surface area contributed by atoms with Gasteiger partial charge in [0.2, 0.25) is 11.8 Å². The molecule has 0 saturated heterocycles. The molecular weight excluding hydrogens is 524 g/mol. The Balaban J connectivity index is 1.61. The number of rotatable bonds is 12. The predicted octanol–water partition coefficient (Wildman–Crippen LogP) is 4.08. The highest BCUT2D eigenvalue weighted by Crippen LogP contribution is 2.36. The number of nitrogens with zero attached hydrogens (tertiary/aromatic N) is 1. The molecule has 1 aliphatic carbocycles. The summed E-state index contributed by atoms with van der Waals surface area (Å²) in [5, 5.41) is 5.05. The van der Waals surface area contributed by atoms with Gasteiger partial charge in [0.05, 0.1) is 19.2 Å². The van der Waals surface area contributed by atoms with Gasteiger partial charge in [-0.25, -0.2) is 13.8 Å². The van der Waals surface area contributed by atoms with Gasteiger partial charge in [0.15, 0.2) is 23.0 Å². The number of nitrogens with one attached hydrogen (secondary N) is 2. The van der Waals surface area contributed by atoms with Crippen LogP contribution in [0.5, 0.6) is 11.5 Å². The highest BCUT2D eigenvalue weighted by atomic mass is 19.3. The van der Waals surface area contributed by atoms with E-state index >= 15 is 0 Å². The molecule has 0 radical (unpaired) electrons. The molecule has 1 fully saturated rings. The largest absolute Gasteiger partial charge is 0.489 e. The summed E-state index contributed by atoms with van der Waals surface area (Å²) < 4.78 is 69.5. The molecular formula is C26H26F4N4O5. The summed E-state index contributed by atoms with van der Waals surface area (Å²) >= 11 is 0. The molecule has 2 amide bonds. The fraction of sp³-hybridized carbons (Fsp3) is 0.346. The number of hydrogen-bond donors (Lipinski definition) is 3. The van der Waals surface area contributed by atoms with E-state index in [9.17, 15) is 27.2 Å². The first-order valence-electron chi connectivity index (χ1n) is 12.1. The van der Waals surface area contributed by atoms with E-state index in [-0.39, 0.29) is 47.5 Å². The van der Waals surface area contributed by atoms with Crippen LogP contribution in [0.2, 0.25) is 0 Å². The Morgan fingerprint density at radius 2 is 1.92 bits per heavy atom. The fourth-order valence-corrected chi connectivity index (χ4v) is 3.73. The van der Waals surface area contributed by atoms with E-state index in [1.807, 2.05) is 0 Å². The maximum Gasteiger partial charge on any atom is 0.387 e. The molecule has 0 aliphatic heterocycles. The van der Waals surface area contributed by atoms with Crippen LogP contribution in [0.3, 0.4) is 0 Å². The van der Waals surface area contributed by atoms with Crippen molar-refractivity contribution in [2.24, 2.45) is 11.7 Å². The average Bonchev–Trinajstić information content (AvgIpc) is 3.61. The third-order valence-corrected chi connectivity index (χ3v) is 5.87. The highest BCUT2D eigenvalue weighted by Gasteiger charge is 2.27. The topological polar surface area (TPSA) is 129 Å². The quantitative estimate of drug-likeness (QED) is 0.290. The van der Waals surface area contributed by atoms with Crippen LogP contribution in [0.15, 0.2) is 40.8 Å². The van der Waals surface area contributed by atoms with Crippen LogP contribution >= 0.6 is 0 Å². The van der Waals surface area contributed by atoms with Gasteiger partial charge in [0, 0.05) is 30.7 Å². The van der Waals surface area contributed by atoms with Crippen molar-refractivity contribution in [2.45, 2.75) is 39.0 Å². The standard InChI is InChI=1S/C26H26F4N4O5/c1-13(35)32-11-19(17-6-5-16(27)9-18(17)28)33-24(36)23-22(10-31)38-25(34-23)15-4-7-20(39-26(29)30)21(8-15)37-12-14-2-3-14/h4-9,14,19,26H,2-3,10-12,31H2,1H3,(H,32,35)(H,33,36). The first kappa shape index (κ1) is 27.9. The lowest BCUT2D eigenvalue weighted by Gasteiger charge is -2.20. The highest BCUT2D eigenvalue weighted by molar-refractivity contribution is 5.94. The monoisotopic (exact) mass is 550 g/mol. The lowest BCUT2D eigenvalue weighted by Crippen LogP contribution is -2.38. The van der Waals surface area contributed by atoms with Crippen LogP contribution in [-0.4, -0.2) is 36.6 Å². The van der Waals surface area contributed by atoms with E-state index in [1.54, 1.807) is 0 Å². The van der Waals surface area contributed by atoms with E-state index in [4.69, 9.17) is 14.9 Å². The number of halogens is 4. The molecule has 3 aromatic rings. The van der Waals surface area contributed by atoms with Gasteiger partial charge < -0.3 is 30.3 Å². The molecule has 1 saturated carbocycles. The van der Waals surface area contributed by atoms with Crippen LogP contribution in [0.4, 0.5) is 17.6 Å². The Bertz CT molecular complexity index is 1350. The van der Waals surface area contributed by atoms with Crippen molar-refractivity contribution in [1.82, 2.24) is 15.6 Å². The zero-order valence-corrected chi connectivity index (χ0v) is 20.8. The molecule has 13 heteroatoms. The number of hydrogen-bond acceptors (Lipinski definition) is 7. The van der Waals surface area contributed by atoms with Gasteiger partial charge in [-0.2, -0.15) is 8.78 Å². The van der Waals surface area contributed by atoms with E-state index in [2.05, 4.69) is 20.4 Å². The summed E-state index contributed by atoms with van der Waals surface area (Å²) in [6, 6.07) is 5.84. The predicted molar refractivity (Wildman–Crippen MR) is 130 cm³/mol. The summed E-state index contributed by atoms with van der Waals surface area (Å²) in [6.07, 6.45) is 1.96. The number of carbonyl (C=O) groups excluding carboxylic acids is 2. The first-order chi connectivity index (χ1) is 18.6. The Morgan fingerprint density at radius 3 is 2.56 bits per heavy atom. The van der Waals surface area contributed by atoms with Crippen molar-refractivity contribution in [2.75, 3.05) is 13.2 Å². The number of oxazole rings is 1. The third kappa shape index (κ3) is 7.25. The molecule has 208 valence electrons. The molecule has 1 aromatic heterocycles. The normalized spacial score (nSPS) is 13.7. The zero-order valence-electron chi connectivity index (χ0n) is 20.8. The lowest BCUT2D eigenvalue weighted by molar-refractivity contribution is -0.119. The Hall–Kier alpha value is -4.13. The van der Waals surface area contributed by atoms with Crippen LogP contribution in [-0.2, 0) is 11.3 Å². The van der Waals surface area contributed by atoms with Gasteiger partial charge >= 0.3 is 6.61 Å². The van der Waals surface area contributed by atoms with Crippen LogP contribution in [0.25, 0.3) is 11.5 Å². The van der Waals surface area contributed by atoms with Crippen molar-refractivity contribution in [3.63, 3.8) is 0 Å². The van der Waals surface area contributed by atoms with Crippen LogP contribution in [0, 0.1) is 17.6 Å². The van der Waals surface area contributed by atoms with Gasteiger partial charge in [0.25, 0.3) is 5.91 Å². The number of carbonyl (C=O) groups is 2. The first-order valence-corrected chi connectivity index (χ1v) is 12.1. The molecule has 39 heavy (non-hydrogen) atoms. The van der Waals surface area contributed by atoms with E-state index in [1.165, 1.54) is 25.1 Å². The van der Waals surface area contributed by atoms with E-state index in [0.717, 1.165) is 25.0 Å². The molecule has 2 aromatic carbocycles. The van der Waals surface area contributed by atoms with Crippen molar-refractivity contribution in [1.29, 1.82) is 0 Å². The summed E-state index contributed by atoms with van der Waals surface area (Å²) in [4.78, 5) is 28.9. The number of alkyl halides is 2. The molecule has 0 bridgehead atoms. The Labute approximate surface area is 220 Å². The second kappa shape index (κ2) is 12.2. The molecule has 1 aliphatic rings. The zero-order chi connectivity index (χ0) is 28.1.